The summed E-state index contributed by atoms with van der Waals surface area (Å²) in [6.07, 6.45) is 2.58. The third kappa shape index (κ3) is 5.27. The molecule has 0 unspecified atom stereocenters. The Morgan fingerprint density at radius 2 is 2.05 bits per heavy atom. The van der Waals surface area contributed by atoms with Crippen molar-refractivity contribution in [2.24, 2.45) is 0 Å². The molecule has 1 atom stereocenters. The number of nitrogens with one attached hydrogen (secondary N) is 2. The summed E-state index contributed by atoms with van der Waals surface area (Å²) >= 11 is 0. The molecular formula is C14H20FN3O3S. The summed E-state index contributed by atoms with van der Waals surface area (Å²) in [5.74, 6) is -0.319. The van der Waals surface area contributed by atoms with Crippen molar-refractivity contribution in [3.63, 3.8) is 0 Å². The van der Waals surface area contributed by atoms with E-state index in [1.165, 1.54) is 12.1 Å². The number of amides is 2. The third-order valence-electron chi connectivity index (χ3n) is 3.45. The molecule has 8 heteroatoms. The fourth-order valence-electron chi connectivity index (χ4n) is 2.45. The van der Waals surface area contributed by atoms with Crippen LogP contribution in [0.3, 0.4) is 0 Å². The molecule has 6 nitrogen and oxygen atoms in total. The van der Waals surface area contributed by atoms with Gasteiger partial charge in [-0.3, -0.25) is 0 Å². The first-order chi connectivity index (χ1) is 10.3. The standard InChI is InChI=1S/C14H20FN3O3S/c1-22(20,21)17-13-3-2-8-18(10-13)14(19)16-9-11-4-6-12(15)7-5-11/h4-7,13,17H,2-3,8-10H2,1H3,(H,16,19)/t13-/m1/s1. The summed E-state index contributed by atoms with van der Waals surface area (Å²) in [6.45, 7) is 1.25. The van der Waals surface area contributed by atoms with Crippen molar-refractivity contribution >= 4 is 16.1 Å². The molecule has 1 aliphatic heterocycles. The Morgan fingerprint density at radius 3 is 2.68 bits per heavy atom. The van der Waals surface area contributed by atoms with E-state index in [0.717, 1.165) is 24.7 Å². The lowest BCUT2D eigenvalue weighted by molar-refractivity contribution is 0.177. The second-order valence-electron chi connectivity index (χ2n) is 5.46. The monoisotopic (exact) mass is 329 g/mol. The lowest BCUT2D eigenvalue weighted by atomic mass is 10.1. The quantitative estimate of drug-likeness (QED) is 0.867. The molecule has 0 spiro atoms. The minimum Gasteiger partial charge on any atom is -0.334 e. The number of nitrogens with zero attached hydrogens (tertiary/aromatic N) is 1. The van der Waals surface area contributed by atoms with Crippen LogP contribution in [0.4, 0.5) is 9.18 Å². The van der Waals surface area contributed by atoms with Gasteiger partial charge < -0.3 is 10.2 Å². The third-order valence-corrected chi connectivity index (χ3v) is 4.21. The van der Waals surface area contributed by atoms with Gasteiger partial charge in [0.05, 0.1) is 6.26 Å². The molecule has 22 heavy (non-hydrogen) atoms. The van der Waals surface area contributed by atoms with Gasteiger partial charge in [0.1, 0.15) is 5.82 Å². The predicted octanol–water partition coefficient (Wildman–Crippen LogP) is 1.05. The second-order valence-corrected chi connectivity index (χ2v) is 7.24. The number of halogens is 1. The average Bonchev–Trinajstić information content (AvgIpc) is 2.45. The first kappa shape index (κ1) is 16.7. The van der Waals surface area contributed by atoms with E-state index < -0.39 is 10.0 Å². The van der Waals surface area contributed by atoms with E-state index >= 15 is 0 Å². The van der Waals surface area contributed by atoms with E-state index in [1.54, 1.807) is 17.0 Å². The molecule has 0 aromatic heterocycles. The van der Waals surface area contributed by atoms with E-state index in [4.69, 9.17) is 0 Å². The zero-order chi connectivity index (χ0) is 16.2. The Morgan fingerprint density at radius 1 is 1.36 bits per heavy atom. The first-order valence-corrected chi connectivity index (χ1v) is 8.97. The van der Waals surface area contributed by atoms with Gasteiger partial charge in [-0.25, -0.2) is 22.3 Å². The minimum atomic E-state index is -3.28. The van der Waals surface area contributed by atoms with Gasteiger partial charge in [0.15, 0.2) is 0 Å². The van der Waals surface area contributed by atoms with Gasteiger partial charge in [-0.1, -0.05) is 12.1 Å². The molecule has 0 aliphatic carbocycles. The molecule has 2 rings (SSSR count). The minimum absolute atomic E-state index is 0.246. The smallest absolute Gasteiger partial charge is 0.317 e. The van der Waals surface area contributed by atoms with Crippen molar-refractivity contribution in [2.45, 2.75) is 25.4 Å². The highest BCUT2D eigenvalue weighted by molar-refractivity contribution is 7.88. The van der Waals surface area contributed by atoms with Crippen LogP contribution in [0, 0.1) is 5.82 Å². The molecule has 1 heterocycles. The Balaban J connectivity index is 1.85. The van der Waals surface area contributed by atoms with Crippen LogP contribution in [0.2, 0.25) is 0 Å². The summed E-state index contributed by atoms with van der Waals surface area (Å²) < 4.78 is 37.8. The highest BCUT2D eigenvalue weighted by Crippen LogP contribution is 2.11. The van der Waals surface area contributed by atoms with Crippen molar-refractivity contribution in [3.05, 3.63) is 35.6 Å². The fraction of sp³-hybridized carbons (Fsp3) is 0.500. The molecule has 1 aromatic carbocycles. The Bertz CT molecular complexity index is 619. The highest BCUT2D eigenvalue weighted by atomic mass is 32.2. The zero-order valence-corrected chi connectivity index (χ0v) is 13.2. The maximum absolute atomic E-state index is 12.8. The Hall–Kier alpha value is -1.67. The number of piperidine rings is 1. The summed E-state index contributed by atoms with van der Waals surface area (Å²) in [4.78, 5) is 13.7. The van der Waals surface area contributed by atoms with Crippen molar-refractivity contribution in [1.82, 2.24) is 14.9 Å². The van der Waals surface area contributed by atoms with Crippen LogP contribution in [0.25, 0.3) is 0 Å². The molecular weight excluding hydrogens is 309 g/mol. The number of carbonyl (C=O) groups excluding carboxylic acids is 1. The predicted molar refractivity (Wildman–Crippen MR) is 81.2 cm³/mol. The summed E-state index contributed by atoms with van der Waals surface area (Å²) in [5.41, 5.74) is 0.803. The van der Waals surface area contributed by atoms with Crippen LogP contribution < -0.4 is 10.0 Å². The van der Waals surface area contributed by atoms with Crippen molar-refractivity contribution in [3.8, 4) is 0 Å². The van der Waals surface area contributed by atoms with E-state index in [2.05, 4.69) is 10.0 Å². The molecule has 0 saturated carbocycles. The molecule has 0 bridgehead atoms. The van der Waals surface area contributed by atoms with Gasteiger partial charge in [-0.05, 0) is 30.5 Å². The average molecular weight is 329 g/mol. The number of carbonyl (C=O) groups is 1. The van der Waals surface area contributed by atoms with Crippen molar-refractivity contribution < 1.29 is 17.6 Å². The normalized spacial score (nSPS) is 19.0. The van der Waals surface area contributed by atoms with Crippen LogP contribution in [0.1, 0.15) is 18.4 Å². The first-order valence-electron chi connectivity index (χ1n) is 7.08. The molecule has 1 saturated heterocycles. The number of urea groups is 1. The number of likely N-dealkylation sites (tertiary alicyclic amines) is 1. The lowest BCUT2D eigenvalue weighted by Gasteiger charge is -2.32. The van der Waals surface area contributed by atoms with Gasteiger partial charge in [0, 0.05) is 25.7 Å². The number of hydrogen-bond donors (Lipinski definition) is 2. The molecule has 1 aliphatic rings. The lowest BCUT2D eigenvalue weighted by Crippen LogP contribution is -2.51. The van der Waals surface area contributed by atoms with Crippen molar-refractivity contribution in [2.75, 3.05) is 19.3 Å². The molecule has 122 valence electrons. The summed E-state index contributed by atoms with van der Waals surface area (Å²) in [7, 11) is -3.28. The number of sulfonamides is 1. The Kier molecular flexibility index (Phi) is 5.36. The van der Waals surface area contributed by atoms with Gasteiger partial charge in [0.2, 0.25) is 10.0 Å². The van der Waals surface area contributed by atoms with E-state index in [9.17, 15) is 17.6 Å². The fourth-order valence-corrected chi connectivity index (χ4v) is 3.25. The van der Waals surface area contributed by atoms with E-state index in [-0.39, 0.29) is 17.9 Å². The van der Waals surface area contributed by atoms with Crippen LogP contribution in [0.15, 0.2) is 24.3 Å². The summed E-state index contributed by atoms with van der Waals surface area (Å²) in [6, 6.07) is 5.41. The molecule has 2 N–H and O–H groups in total. The second kappa shape index (κ2) is 7.06. The molecule has 0 radical (unpaired) electrons. The van der Waals surface area contributed by atoms with Crippen LogP contribution in [0.5, 0.6) is 0 Å². The van der Waals surface area contributed by atoms with Crippen LogP contribution >= 0.6 is 0 Å². The Labute approximate surface area is 129 Å². The summed E-state index contributed by atoms with van der Waals surface area (Å²) in [5, 5.41) is 2.76. The van der Waals surface area contributed by atoms with Crippen LogP contribution in [-0.2, 0) is 16.6 Å². The molecule has 2 amide bonds. The molecule has 1 aromatic rings. The zero-order valence-electron chi connectivity index (χ0n) is 12.4. The van der Waals surface area contributed by atoms with E-state index in [0.29, 0.717) is 19.6 Å². The van der Waals surface area contributed by atoms with Gasteiger partial charge in [0.25, 0.3) is 0 Å². The number of benzene rings is 1. The van der Waals surface area contributed by atoms with Gasteiger partial charge >= 0.3 is 6.03 Å². The molecule has 1 fully saturated rings. The van der Waals surface area contributed by atoms with Gasteiger partial charge in [-0.2, -0.15) is 0 Å². The maximum atomic E-state index is 12.8. The highest BCUT2D eigenvalue weighted by Gasteiger charge is 2.25. The van der Waals surface area contributed by atoms with Gasteiger partial charge in [-0.15, -0.1) is 0 Å². The topological polar surface area (TPSA) is 78.5 Å². The number of rotatable bonds is 4. The van der Waals surface area contributed by atoms with E-state index in [1.807, 2.05) is 0 Å². The largest absolute Gasteiger partial charge is 0.334 e. The maximum Gasteiger partial charge on any atom is 0.317 e. The SMILES string of the molecule is CS(=O)(=O)N[C@@H]1CCCN(C(=O)NCc2ccc(F)cc2)C1. The van der Waals surface area contributed by atoms with Crippen molar-refractivity contribution in [1.29, 1.82) is 0 Å². The number of hydrogen-bond acceptors (Lipinski definition) is 3. The van der Waals surface area contributed by atoms with Crippen LogP contribution in [-0.4, -0.2) is 44.7 Å².